The van der Waals surface area contributed by atoms with Crippen molar-refractivity contribution in [1.29, 1.82) is 0 Å². The van der Waals surface area contributed by atoms with E-state index in [1.54, 1.807) is 12.4 Å². The largest absolute Gasteiger partial charge is 0.355 e. The van der Waals surface area contributed by atoms with Crippen LogP contribution in [0, 0.1) is 6.92 Å². The van der Waals surface area contributed by atoms with E-state index in [0.717, 1.165) is 28.1 Å². The van der Waals surface area contributed by atoms with Gasteiger partial charge < -0.3 is 4.52 Å². The van der Waals surface area contributed by atoms with E-state index < -0.39 is 0 Å². The Bertz CT molecular complexity index is 645. The minimum atomic E-state index is 0.793. The molecule has 3 rings (SSSR count). The Morgan fingerprint density at radius 2 is 1.61 bits per heavy atom. The number of aromatic nitrogens is 2. The quantitative estimate of drug-likeness (QED) is 0.680. The van der Waals surface area contributed by atoms with Crippen molar-refractivity contribution >= 4 is 0 Å². The minimum absolute atomic E-state index is 0.793. The molecule has 0 atom stereocenters. The molecule has 1 aromatic carbocycles. The molecule has 0 radical (unpaired) electrons. The molecule has 0 bridgehead atoms. The van der Waals surface area contributed by atoms with Crippen LogP contribution in [0.25, 0.3) is 22.5 Å². The van der Waals surface area contributed by atoms with Crippen molar-refractivity contribution in [3.63, 3.8) is 0 Å². The van der Waals surface area contributed by atoms with Crippen LogP contribution in [0.3, 0.4) is 0 Å². The van der Waals surface area contributed by atoms with E-state index in [-0.39, 0.29) is 0 Å². The normalized spacial score (nSPS) is 10.5. The zero-order valence-electron chi connectivity index (χ0n) is 10.00. The number of hydrogen-bond acceptors (Lipinski definition) is 3. The van der Waals surface area contributed by atoms with Crippen LogP contribution in [0.4, 0.5) is 0 Å². The maximum Gasteiger partial charge on any atom is 0.175 e. The molecule has 0 fully saturated rings. The van der Waals surface area contributed by atoms with E-state index in [0.29, 0.717) is 0 Å². The highest BCUT2D eigenvalue weighted by molar-refractivity contribution is 5.80. The topological polar surface area (TPSA) is 38.9 Å². The Morgan fingerprint density at radius 1 is 0.889 bits per heavy atom. The second-order valence-electron chi connectivity index (χ2n) is 4.07. The van der Waals surface area contributed by atoms with Crippen LogP contribution in [0.15, 0.2) is 59.4 Å². The predicted octanol–water partition coefficient (Wildman–Crippen LogP) is 3.71. The molecule has 3 aromatic rings. The average Bonchev–Trinajstić information content (AvgIpc) is 2.83. The van der Waals surface area contributed by atoms with Gasteiger partial charge in [0, 0.05) is 18.0 Å². The fourth-order valence-corrected chi connectivity index (χ4v) is 2.01. The lowest BCUT2D eigenvalue weighted by Gasteiger charge is -2.02. The third kappa shape index (κ3) is 1.80. The molecule has 0 saturated heterocycles. The van der Waals surface area contributed by atoms with Gasteiger partial charge >= 0.3 is 0 Å². The Kier molecular flexibility index (Phi) is 2.65. The number of nitrogens with zero attached hydrogens (tertiary/aromatic N) is 2. The summed E-state index contributed by atoms with van der Waals surface area (Å²) in [6.07, 6.45) is 3.50. The molecular formula is C15H12N2O. The summed E-state index contributed by atoms with van der Waals surface area (Å²) >= 11 is 0. The maximum absolute atomic E-state index is 5.46. The van der Waals surface area contributed by atoms with Crippen LogP contribution in [-0.2, 0) is 0 Å². The van der Waals surface area contributed by atoms with Crippen molar-refractivity contribution in [2.45, 2.75) is 6.92 Å². The first-order valence-electron chi connectivity index (χ1n) is 5.78. The second kappa shape index (κ2) is 4.45. The Labute approximate surface area is 105 Å². The van der Waals surface area contributed by atoms with E-state index in [1.165, 1.54) is 0 Å². The van der Waals surface area contributed by atoms with E-state index in [1.807, 2.05) is 37.3 Å². The molecule has 0 unspecified atom stereocenters. The summed E-state index contributed by atoms with van der Waals surface area (Å²) in [6.45, 7) is 1.95. The standard InChI is InChI=1S/C15H12N2O/c1-11-14(12-5-3-2-4-6-12)15(18-17-11)13-7-9-16-10-8-13/h2-10H,1H3. The van der Waals surface area contributed by atoms with Crippen LogP contribution < -0.4 is 0 Å². The van der Waals surface area contributed by atoms with Crippen LogP contribution in [0.5, 0.6) is 0 Å². The van der Waals surface area contributed by atoms with E-state index >= 15 is 0 Å². The Morgan fingerprint density at radius 3 is 2.33 bits per heavy atom. The van der Waals surface area contributed by atoms with E-state index in [2.05, 4.69) is 22.3 Å². The number of hydrogen-bond donors (Lipinski definition) is 0. The van der Waals surface area contributed by atoms with Gasteiger partial charge in [-0.2, -0.15) is 0 Å². The van der Waals surface area contributed by atoms with E-state index in [4.69, 9.17) is 4.52 Å². The lowest BCUT2D eigenvalue weighted by Crippen LogP contribution is -1.83. The number of benzene rings is 1. The molecule has 3 nitrogen and oxygen atoms in total. The molecule has 2 aromatic heterocycles. The smallest absolute Gasteiger partial charge is 0.175 e. The first kappa shape index (κ1) is 10.7. The lowest BCUT2D eigenvalue weighted by molar-refractivity contribution is 0.427. The Balaban J connectivity index is 2.19. The Hall–Kier alpha value is -2.42. The zero-order valence-corrected chi connectivity index (χ0v) is 10.00. The summed E-state index contributed by atoms with van der Waals surface area (Å²) in [5, 5.41) is 4.07. The fourth-order valence-electron chi connectivity index (χ4n) is 2.01. The van der Waals surface area contributed by atoms with Crippen molar-refractivity contribution in [2.24, 2.45) is 0 Å². The summed E-state index contributed by atoms with van der Waals surface area (Å²) in [4.78, 5) is 4.02. The summed E-state index contributed by atoms with van der Waals surface area (Å²) in [5.41, 5.74) is 4.04. The number of aryl methyl sites for hydroxylation is 1. The van der Waals surface area contributed by atoms with Crippen LogP contribution >= 0.6 is 0 Å². The van der Waals surface area contributed by atoms with E-state index in [9.17, 15) is 0 Å². The molecule has 0 N–H and O–H groups in total. The zero-order chi connectivity index (χ0) is 12.4. The highest BCUT2D eigenvalue weighted by atomic mass is 16.5. The van der Waals surface area contributed by atoms with Gasteiger partial charge in [-0.25, -0.2) is 0 Å². The molecule has 0 aliphatic rings. The lowest BCUT2D eigenvalue weighted by atomic mass is 10.0. The number of rotatable bonds is 2. The van der Waals surface area contributed by atoms with Crippen LogP contribution in [0.2, 0.25) is 0 Å². The predicted molar refractivity (Wildman–Crippen MR) is 69.9 cm³/mol. The molecule has 88 valence electrons. The third-order valence-corrected chi connectivity index (χ3v) is 2.87. The molecule has 2 heterocycles. The van der Waals surface area contributed by atoms with Gasteiger partial charge in [-0.05, 0) is 24.6 Å². The van der Waals surface area contributed by atoms with Crippen molar-refractivity contribution < 1.29 is 4.52 Å². The molecule has 0 spiro atoms. The minimum Gasteiger partial charge on any atom is -0.355 e. The van der Waals surface area contributed by atoms with Gasteiger partial charge in [0.15, 0.2) is 5.76 Å². The molecule has 0 aliphatic carbocycles. The third-order valence-electron chi connectivity index (χ3n) is 2.87. The van der Waals surface area contributed by atoms with Gasteiger partial charge in [0.1, 0.15) is 0 Å². The van der Waals surface area contributed by atoms with Gasteiger partial charge in [0.05, 0.1) is 11.3 Å². The monoisotopic (exact) mass is 236 g/mol. The SMILES string of the molecule is Cc1noc(-c2ccncc2)c1-c1ccccc1. The average molecular weight is 236 g/mol. The first-order valence-corrected chi connectivity index (χ1v) is 5.78. The maximum atomic E-state index is 5.46. The first-order chi connectivity index (χ1) is 8.86. The van der Waals surface area contributed by atoms with Crippen molar-refractivity contribution in [2.75, 3.05) is 0 Å². The summed E-state index contributed by atoms with van der Waals surface area (Å²) < 4.78 is 5.46. The fraction of sp³-hybridized carbons (Fsp3) is 0.0667. The molecule has 0 saturated carbocycles. The number of pyridine rings is 1. The highest BCUT2D eigenvalue weighted by Gasteiger charge is 2.16. The van der Waals surface area contributed by atoms with Crippen molar-refractivity contribution in [1.82, 2.24) is 10.1 Å². The molecular weight excluding hydrogens is 224 g/mol. The molecule has 0 aliphatic heterocycles. The van der Waals surface area contributed by atoms with Gasteiger partial charge in [-0.1, -0.05) is 35.5 Å². The molecule has 3 heteroatoms. The summed E-state index contributed by atoms with van der Waals surface area (Å²) in [7, 11) is 0. The van der Waals surface area contributed by atoms with Crippen molar-refractivity contribution in [3.05, 3.63) is 60.6 Å². The van der Waals surface area contributed by atoms with Crippen LogP contribution in [0.1, 0.15) is 5.69 Å². The van der Waals surface area contributed by atoms with Crippen LogP contribution in [-0.4, -0.2) is 10.1 Å². The van der Waals surface area contributed by atoms with Gasteiger partial charge in [0.2, 0.25) is 0 Å². The van der Waals surface area contributed by atoms with Gasteiger partial charge in [0.25, 0.3) is 0 Å². The van der Waals surface area contributed by atoms with Gasteiger partial charge in [-0.3, -0.25) is 4.98 Å². The second-order valence-corrected chi connectivity index (χ2v) is 4.07. The van der Waals surface area contributed by atoms with Crippen molar-refractivity contribution in [3.8, 4) is 22.5 Å². The highest BCUT2D eigenvalue weighted by Crippen LogP contribution is 2.34. The summed E-state index contributed by atoms with van der Waals surface area (Å²) in [5.74, 6) is 0.793. The molecule has 18 heavy (non-hydrogen) atoms. The molecule has 0 amide bonds. The van der Waals surface area contributed by atoms with Gasteiger partial charge in [-0.15, -0.1) is 0 Å². The summed E-state index contributed by atoms with van der Waals surface area (Å²) in [6, 6.07) is 14.0.